The summed E-state index contributed by atoms with van der Waals surface area (Å²) in [6.45, 7) is 0.359. The number of carboxylic acids is 1. The number of aliphatic carboxylic acids is 1. The molecule has 2 aliphatic heterocycles. The fraction of sp³-hybridized carbons (Fsp3) is 0.769. The third-order valence-electron chi connectivity index (χ3n) is 4.03. The van der Waals surface area contributed by atoms with E-state index < -0.39 is 36.2 Å². The van der Waals surface area contributed by atoms with Gasteiger partial charge in [0.2, 0.25) is 0 Å². The first-order valence-electron chi connectivity index (χ1n) is 7.01. The standard InChI is InChI=1S/C13H20N2O6/c1-21-12(19)9-4-2-3-5-14(9)13(20)15-7-8(16)6-10(15)11(17)18/h8-10,16H,2-7H2,1H3,(H,17,18)/t8-,9?,10+/m1/s1. The Morgan fingerprint density at radius 2 is 1.86 bits per heavy atom. The highest BCUT2D eigenvalue weighted by Crippen LogP contribution is 2.25. The molecule has 0 radical (unpaired) electrons. The average molecular weight is 300 g/mol. The van der Waals surface area contributed by atoms with Crippen LogP contribution in [-0.2, 0) is 14.3 Å². The topological polar surface area (TPSA) is 107 Å². The number of carbonyl (C=O) groups is 3. The van der Waals surface area contributed by atoms with Crippen molar-refractivity contribution in [2.24, 2.45) is 0 Å². The van der Waals surface area contributed by atoms with E-state index >= 15 is 0 Å². The lowest BCUT2D eigenvalue weighted by Crippen LogP contribution is -2.55. The Bertz CT molecular complexity index is 440. The van der Waals surface area contributed by atoms with E-state index in [2.05, 4.69) is 0 Å². The number of ether oxygens (including phenoxy) is 1. The Morgan fingerprint density at radius 1 is 1.14 bits per heavy atom. The van der Waals surface area contributed by atoms with Crippen LogP contribution in [0.4, 0.5) is 4.79 Å². The van der Waals surface area contributed by atoms with E-state index in [9.17, 15) is 19.5 Å². The molecule has 118 valence electrons. The van der Waals surface area contributed by atoms with Crippen molar-refractivity contribution in [3.8, 4) is 0 Å². The van der Waals surface area contributed by atoms with Crippen molar-refractivity contribution < 1.29 is 29.3 Å². The second-order valence-electron chi connectivity index (χ2n) is 5.41. The van der Waals surface area contributed by atoms with Crippen molar-refractivity contribution in [1.82, 2.24) is 9.80 Å². The fourth-order valence-corrected chi connectivity index (χ4v) is 2.97. The number of hydrogen-bond acceptors (Lipinski definition) is 5. The lowest BCUT2D eigenvalue weighted by Gasteiger charge is -2.37. The van der Waals surface area contributed by atoms with E-state index in [0.717, 1.165) is 17.7 Å². The van der Waals surface area contributed by atoms with Crippen molar-refractivity contribution in [3.05, 3.63) is 0 Å². The maximum absolute atomic E-state index is 12.6. The fourth-order valence-electron chi connectivity index (χ4n) is 2.97. The van der Waals surface area contributed by atoms with Gasteiger partial charge in [-0.15, -0.1) is 0 Å². The predicted octanol–water partition coefficient (Wildman–Crippen LogP) is -0.346. The highest BCUT2D eigenvalue weighted by molar-refractivity contribution is 5.87. The molecule has 8 nitrogen and oxygen atoms in total. The molecule has 2 rings (SSSR count). The number of aliphatic hydroxyl groups excluding tert-OH is 1. The Labute approximate surface area is 122 Å². The number of nitrogens with zero attached hydrogens (tertiary/aromatic N) is 2. The van der Waals surface area contributed by atoms with Crippen LogP contribution in [-0.4, -0.2) is 76.4 Å². The molecule has 8 heteroatoms. The molecule has 1 unspecified atom stereocenters. The minimum atomic E-state index is -1.15. The van der Waals surface area contributed by atoms with Gasteiger partial charge in [-0.2, -0.15) is 0 Å². The van der Waals surface area contributed by atoms with Crippen molar-refractivity contribution in [3.63, 3.8) is 0 Å². The average Bonchev–Trinajstić information content (AvgIpc) is 2.88. The van der Waals surface area contributed by atoms with E-state index in [1.165, 1.54) is 12.0 Å². The zero-order valence-corrected chi connectivity index (χ0v) is 11.9. The van der Waals surface area contributed by atoms with Crippen LogP contribution in [0.5, 0.6) is 0 Å². The second-order valence-corrected chi connectivity index (χ2v) is 5.41. The number of β-amino-alcohol motifs (C(OH)–C–C–N with tert-alkyl or cyclic N) is 1. The largest absolute Gasteiger partial charge is 0.480 e. The first-order valence-corrected chi connectivity index (χ1v) is 7.01. The number of amides is 2. The number of esters is 1. The SMILES string of the molecule is COC(=O)C1CCCCN1C(=O)N1C[C@H](O)C[C@H]1C(=O)O. The van der Waals surface area contributed by atoms with Gasteiger partial charge in [0.15, 0.2) is 0 Å². The minimum absolute atomic E-state index is 0.0117. The molecule has 0 bridgehead atoms. The summed E-state index contributed by atoms with van der Waals surface area (Å²) in [5, 5.41) is 18.8. The van der Waals surface area contributed by atoms with Crippen LogP contribution in [0, 0.1) is 0 Å². The maximum atomic E-state index is 12.6. The van der Waals surface area contributed by atoms with E-state index in [4.69, 9.17) is 9.84 Å². The van der Waals surface area contributed by atoms with Gasteiger partial charge in [0.05, 0.1) is 13.2 Å². The van der Waals surface area contributed by atoms with E-state index in [-0.39, 0.29) is 13.0 Å². The molecule has 0 aromatic heterocycles. The van der Waals surface area contributed by atoms with E-state index in [0.29, 0.717) is 13.0 Å². The van der Waals surface area contributed by atoms with Crippen molar-refractivity contribution >= 4 is 18.0 Å². The summed E-state index contributed by atoms with van der Waals surface area (Å²) in [5.74, 6) is -1.64. The third kappa shape index (κ3) is 3.10. The van der Waals surface area contributed by atoms with Crippen LogP contribution in [0.25, 0.3) is 0 Å². The molecule has 2 aliphatic rings. The smallest absolute Gasteiger partial charge is 0.328 e. The van der Waals surface area contributed by atoms with Gasteiger partial charge >= 0.3 is 18.0 Å². The van der Waals surface area contributed by atoms with E-state index in [1.807, 2.05) is 0 Å². The van der Waals surface area contributed by atoms with Crippen LogP contribution in [0.1, 0.15) is 25.7 Å². The molecule has 2 saturated heterocycles. The van der Waals surface area contributed by atoms with Gasteiger partial charge in [-0.25, -0.2) is 14.4 Å². The Morgan fingerprint density at radius 3 is 2.48 bits per heavy atom. The molecule has 0 aliphatic carbocycles. The zero-order valence-electron chi connectivity index (χ0n) is 11.9. The Balaban J connectivity index is 2.16. The highest BCUT2D eigenvalue weighted by Gasteiger charge is 2.43. The van der Waals surface area contributed by atoms with Crippen LogP contribution in [0.3, 0.4) is 0 Å². The Hall–Kier alpha value is -1.83. The first-order chi connectivity index (χ1) is 9.95. The minimum Gasteiger partial charge on any atom is -0.480 e. The van der Waals surface area contributed by atoms with Gasteiger partial charge in [0, 0.05) is 19.5 Å². The summed E-state index contributed by atoms with van der Waals surface area (Å²) < 4.78 is 4.71. The van der Waals surface area contributed by atoms with Gasteiger partial charge in [-0.05, 0) is 19.3 Å². The van der Waals surface area contributed by atoms with Crippen LogP contribution < -0.4 is 0 Å². The number of rotatable bonds is 2. The van der Waals surface area contributed by atoms with Crippen LogP contribution in [0.15, 0.2) is 0 Å². The van der Waals surface area contributed by atoms with Crippen molar-refractivity contribution in [2.45, 2.75) is 43.9 Å². The summed E-state index contributed by atoms with van der Waals surface area (Å²) in [6, 6.07) is -2.25. The number of piperidine rings is 1. The molecule has 2 N–H and O–H groups in total. The summed E-state index contributed by atoms with van der Waals surface area (Å²) in [6.07, 6.45) is 1.24. The number of carboxylic acid groups (broad SMARTS) is 1. The number of methoxy groups -OCH3 is 1. The first kappa shape index (κ1) is 15.6. The zero-order chi connectivity index (χ0) is 15.6. The van der Waals surface area contributed by atoms with Gasteiger partial charge < -0.3 is 24.7 Å². The summed E-state index contributed by atoms with van der Waals surface area (Å²) in [4.78, 5) is 38.0. The van der Waals surface area contributed by atoms with Gasteiger partial charge in [-0.1, -0.05) is 0 Å². The van der Waals surface area contributed by atoms with Gasteiger partial charge in [-0.3, -0.25) is 0 Å². The molecule has 3 atom stereocenters. The molecular formula is C13H20N2O6. The van der Waals surface area contributed by atoms with Gasteiger partial charge in [0.25, 0.3) is 0 Å². The summed E-state index contributed by atoms with van der Waals surface area (Å²) >= 11 is 0. The summed E-state index contributed by atoms with van der Waals surface area (Å²) in [7, 11) is 1.26. The lowest BCUT2D eigenvalue weighted by atomic mass is 10.0. The van der Waals surface area contributed by atoms with Crippen LogP contribution >= 0.6 is 0 Å². The molecule has 2 amide bonds. The van der Waals surface area contributed by atoms with Gasteiger partial charge in [0.1, 0.15) is 12.1 Å². The number of aliphatic hydroxyl groups is 1. The normalized spacial score (nSPS) is 29.3. The molecule has 0 saturated carbocycles. The molecule has 2 fully saturated rings. The molecule has 21 heavy (non-hydrogen) atoms. The molecular weight excluding hydrogens is 280 g/mol. The maximum Gasteiger partial charge on any atom is 0.328 e. The highest BCUT2D eigenvalue weighted by atomic mass is 16.5. The molecule has 0 aromatic carbocycles. The summed E-state index contributed by atoms with van der Waals surface area (Å²) in [5.41, 5.74) is 0. The van der Waals surface area contributed by atoms with Crippen LogP contribution in [0.2, 0.25) is 0 Å². The monoisotopic (exact) mass is 300 g/mol. The predicted molar refractivity (Wildman–Crippen MR) is 70.5 cm³/mol. The van der Waals surface area contributed by atoms with Crippen molar-refractivity contribution in [2.75, 3.05) is 20.2 Å². The quantitative estimate of drug-likeness (QED) is 0.675. The number of likely N-dealkylation sites (tertiary alicyclic amines) is 2. The second kappa shape index (κ2) is 6.30. The number of hydrogen-bond donors (Lipinski definition) is 2. The third-order valence-corrected chi connectivity index (χ3v) is 4.03. The molecule has 2 heterocycles. The van der Waals surface area contributed by atoms with E-state index in [1.54, 1.807) is 0 Å². The Kier molecular flexibility index (Phi) is 4.66. The van der Waals surface area contributed by atoms with Crippen molar-refractivity contribution in [1.29, 1.82) is 0 Å². The number of urea groups is 1. The molecule has 0 aromatic rings. The molecule has 0 spiro atoms. The number of carbonyl (C=O) groups excluding carboxylic acids is 2. The lowest BCUT2D eigenvalue weighted by molar-refractivity contribution is -0.147.